The number of pyridine rings is 1. The average molecular weight is 361 g/mol. The predicted octanol–water partition coefficient (Wildman–Crippen LogP) is 3.94. The van der Waals surface area contributed by atoms with E-state index in [0.29, 0.717) is 6.04 Å². The van der Waals surface area contributed by atoms with Crippen LogP contribution in [0.2, 0.25) is 0 Å². The van der Waals surface area contributed by atoms with Crippen molar-refractivity contribution in [3.63, 3.8) is 0 Å². The number of benzene rings is 1. The Morgan fingerprint density at radius 1 is 1.04 bits per heavy atom. The lowest BCUT2D eigenvalue weighted by Crippen LogP contribution is -2.39. The second kappa shape index (κ2) is 8.91. The minimum absolute atomic E-state index is 0.483. The van der Waals surface area contributed by atoms with E-state index in [1.807, 2.05) is 12.3 Å². The molecule has 0 radical (unpaired) electrons. The predicted molar refractivity (Wildman–Crippen MR) is 107 cm³/mol. The van der Waals surface area contributed by atoms with Crippen LogP contribution in [0.3, 0.4) is 0 Å². The van der Waals surface area contributed by atoms with Gasteiger partial charge in [0.1, 0.15) is 12.7 Å². The van der Waals surface area contributed by atoms with E-state index in [1.54, 1.807) is 17.3 Å². The largest absolute Gasteiger partial charge is 0.309 e. The van der Waals surface area contributed by atoms with E-state index in [2.05, 4.69) is 56.8 Å². The second-order valence-corrected chi connectivity index (χ2v) is 7.40. The van der Waals surface area contributed by atoms with Gasteiger partial charge >= 0.3 is 0 Å². The lowest BCUT2D eigenvalue weighted by atomic mass is 9.81. The van der Waals surface area contributed by atoms with Gasteiger partial charge in [0, 0.05) is 24.3 Å². The number of hydrogen-bond donors (Lipinski definition) is 1. The SMILES string of the molecule is c1ccc(CC(NCc2cccnc2-n2cncn2)C2CCCCC2)cc1. The first kappa shape index (κ1) is 17.9. The van der Waals surface area contributed by atoms with Gasteiger partial charge in [-0.15, -0.1) is 0 Å². The molecule has 1 unspecified atom stereocenters. The number of aromatic nitrogens is 4. The van der Waals surface area contributed by atoms with Crippen LogP contribution in [0.4, 0.5) is 0 Å². The van der Waals surface area contributed by atoms with E-state index < -0.39 is 0 Å². The third kappa shape index (κ3) is 4.61. The van der Waals surface area contributed by atoms with Gasteiger partial charge in [-0.2, -0.15) is 5.10 Å². The molecule has 3 aromatic rings. The van der Waals surface area contributed by atoms with E-state index in [9.17, 15) is 0 Å². The maximum Gasteiger partial charge on any atom is 0.159 e. The summed E-state index contributed by atoms with van der Waals surface area (Å²) >= 11 is 0. The lowest BCUT2D eigenvalue weighted by Gasteiger charge is -2.31. The Morgan fingerprint density at radius 2 is 1.89 bits per heavy atom. The summed E-state index contributed by atoms with van der Waals surface area (Å²) in [6.45, 7) is 0.789. The Labute approximate surface area is 160 Å². The molecule has 0 amide bonds. The van der Waals surface area contributed by atoms with Crippen LogP contribution in [0.5, 0.6) is 0 Å². The summed E-state index contributed by atoms with van der Waals surface area (Å²) in [4.78, 5) is 8.57. The molecule has 0 spiro atoms. The molecular formula is C22H27N5. The third-order valence-corrected chi connectivity index (χ3v) is 5.58. The first-order valence-electron chi connectivity index (χ1n) is 9.96. The normalized spacial score (nSPS) is 16.3. The van der Waals surface area contributed by atoms with Crippen molar-refractivity contribution in [1.82, 2.24) is 25.1 Å². The fourth-order valence-electron chi connectivity index (χ4n) is 4.14. The summed E-state index contributed by atoms with van der Waals surface area (Å²) in [6.07, 6.45) is 12.9. The molecule has 0 aliphatic heterocycles. The van der Waals surface area contributed by atoms with Crippen molar-refractivity contribution in [3.05, 3.63) is 72.4 Å². The number of nitrogens with zero attached hydrogens (tertiary/aromatic N) is 4. The van der Waals surface area contributed by atoms with Gasteiger partial charge in [-0.3, -0.25) is 0 Å². The fraction of sp³-hybridized carbons (Fsp3) is 0.409. The van der Waals surface area contributed by atoms with Crippen molar-refractivity contribution >= 4 is 0 Å². The minimum Gasteiger partial charge on any atom is -0.309 e. The highest BCUT2D eigenvalue weighted by Gasteiger charge is 2.24. The second-order valence-electron chi connectivity index (χ2n) is 7.40. The molecule has 1 aliphatic rings. The van der Waals surface area contributed by atoms with Crippen LogP contribution in [0.25, 0.3) is 5.82 Å². The van der Waals surface area contributed by atoms with Gasteiger partial charge < -0.3 is 5.32 Å². The van der Waals surface area contributed by atoms with Crippen LogP contribution < -0.4 is 5.32 Å². The van der Waals surface area contributed by atoms with Crippen LogP contribution in [0.15, 0.2) is 61.3 Å². The highest BCUT2D eigenvalue weighted by Crippen LogP contribution is 2.28. The minimum atomic E-state index is 0.483. The molecule has 1 aliphatic carbocycles. The van der Waals surface area contributed by atoms with Crippen molar-refractivity contribution in [2.45, 2.75) is 51.1 Å². The fourth-order valence-corrected chi connectivity index (χ4v) is 4.14. The van der Waals surface area contributed by atoms with Crippen LogP contribution in [0.1, 0.15) is 43.2 Å². The summed E-state index contributed by atoms with van der Waals surface area (Å²) in [7, 11) is 0. The molecule has 0 saturated heterocycles. The molecule has 4 rings (SSSR count). The first-order chi connectivity index (χ1) is 13.4. The van der Waals surface area contributed by atoms with Crippen LogP contribution >= 0.6 is 0 Å². The standard InChI is InChI=1S/C22H27N5/c1-3-8-18(9-4-1)14-21(19-10-5-2-6-11-19)25-15-20-12-7-13-24-22(20)27-17-23-16-26-27/h1,3-4,7-9,12-13,16-17,19,21,25H,2,5-6,10-11,14-15H2. The Kier molecular flexibility index (Phi) is 5.89. The quantitative estimate of drug-likeness (QED) is 0.692. The average Bonchev–Trinajstić information content (AvgIpc) is 3.27. The zero-order valence-electron chi connectivity index (χ0n) is 15.7. The lowest BCUT2D eigenvalue weighted by molar-refractivity contribution is 0.265. The summed E-state index contributed by atoms with van der Waals surface area (Å²) < 4.78 is 1.74. The monoisotopic (exact) mass is 361 g/mol. The summed E-state index contributed by atoms with van der Waals surface area (Å²) in [5, 5.41) is 8.10. The maximum atomic E-state index is 4.52. The molecule has 1 fully saturated rings. The van der Waals surface area contributed by atoms with Crippen molar-refractivity contribution in [1.29, 1.82) is 0 Å². The van der Waals surface area contributed by atoms with Crippen LogP contribution in [-0.4, -0.2) is 25.8 Å². The van der Waals surface area contributed by atoms with Crippen LogP contribution in [0, 0.1) is 5.92 Å². The third-order valence-electron chi connectivity index (χ3n) is 5.58. The molecule has 2 aromatic heterocycles. The first-order valence-corrected chi connectivity index (χ1v) is 9.96. The topological polar surface area (TPSA) is 55.6 Å². The number of hydrogen-bond acceptors (Lipinski definition) is 4. The van der Waals surface area contributed by atoms with Crippen LogP contribution in [-0.2, 0) is 13.0 Å². The number of nitrogens with one attached hydrogen (secondary N) is 1. The molecule has 1 atom stereocenters. The summed E-state index contributed by atoms with van der Waals surface area (Å²) in [5.41, 5.74) is 2.56. The zero-order valence-corrected chi connectivity index (χ0v) is 15.7. The van der Waals surface area contributed by atoms with E-state index in [-0.39, 0.29) is 0 Å². The van der Waals surface area contributed by atoms with Gasteiger partial charge in [0.15, 0.2) is 5.82 Å². The smallest absolute Gasteiger partial charge is 0.159 e. The molecule has 5 heteroatoms. The Hall–Kier alpha value is -2.53. The Balaban J connectivity index is 1.50. The van der Waals surface area contributed by atoms with Gasteiger partial charge in [0.05, 0.1) is 0 Å². The van der Waals surface area contributed by atoms with Gasteiger partial charge in [-0.25, -0.2) is 14.6 Å². The van der Waals surface area contributed by atoms with Crippen molar-refractivity contribution in [2.24, 2.45) is 5.92 Å². The Morgan fingerprint density at radius 3 is 2.67 bits per heavy atom. The Bertz CT molecular complexity index is 810. The summed E-state index contributed by atoms with van der Waals surface area (Å²) in [6, 6.07) is 15.4. The van der Waals surface area contributed by atoms with Gasteiger partial charge in [0.25, 0.3) is 0 Å². The van der Waals surface area contributed by atoms with E-state index in [4.69, 9.17) is 0 Å². The van der Waals surface area contributed by atoms with E-state index >= 15 is 0 Å². The zero-order chi connectivity index (χ0) is 18.3. The van der Waals surface area contributed by atoms with E-state index in [1.165, 1.54) is 37.7 Å². The molecular weight excluding hydrogens is 334 g/mol. The van der Waals surface area contributed by atoms with Crippen molar-refractivity contribution in [2.75, 3.05) is 0 Å². The summed E-state index contributed by atoms with van der Waals surface area (Å²) in [5.74, 6) is 1.59. The number of rotatable bonds is 7. The molecule has 1 N–H and O–H groups in total. The molecule has 5 nitrogen and oxygen atoms in total. The molecule has 27 heavy (non-hydrogen) atoms. The van der Waals surface area contributed by atoms with Gasteiger partial charge in [-0.05, 0) is 36.8 Å². The molecule has 2 heterocycles. The molecule has 1 saturated carbocycles. The highest BCUT2D eigenvalue weighted by molar-refractivity contribution is 5.32. The van der Waals surface area contributed by atoms with Gasteiger partial charge in [0.2, 0.25) is 0 Å². The highest BCUT2D eigenvalue weighted by atomic mass is 15.3. The molecule has 0 bridgehead atoms. The maximum absolute atomic E-state index is 4.52. The molecule has 140 valence electrons. The van der Waals surface area contributed by atoms with Crippen molar-refractivity contribution < 1.29 is 0 Å². The van der Waals surface area contributed by atoms with Gasteiger partial charge in [-0.1, -0.05) is 55.7 Å². The van der Waals surface area contributed by atoms with E-state index in [0.717, 1.165) is 30.3 Å². The molecule has 1 aromatic carbocycles. The van der Waals surface area contributed by atoms with Crippen molar-refractivity contribution in [3.8, 4) is 5.82 Å².